The summed E-state index contributed by atoms with van der Waals surface area (Å²) in [6.45, 7) is 5.16. The Morgan fingerprint density at radius 1 is 1.05 bits per heavy atom. The van der Waals surface area contributed by atoms with Crippen LogP contribution in [0.15, 0.2) is 41.3 Å². The van der Waals surface area contributed by atoms with Crippen molar-refractivity contribution in [2.45, 2.75) is 25.7 Å². The molecule has 0 saturated carbocycles. The third-order valence-electron chi connectivity index (χ3n) is 3.37. The summed E-state index contributed by atoms with van der Waals surface area (Å²) >= 11 is 0. The molecule has 6 heteroatoms. The number of rotatable bonds is 4. The Hall–Kier alpha value is -2.34. The summed E-state index contributed by atoms with van der Waals surface area (Å²) in [6, 6.07) is 9.72. The maximum atomic E-state index is 12.6. The zero-order valence-electron chi connectivity index (χ0n) is 12.5. The molecule has 0 aliphatic rings. The van der Waals surface area contributed by atoms with E-state index in [-0.39, 0.29) is 16.1 Å². The van der Waals surface area contributed by atoms with Gasteiger partial charge in [0.2, 0.25) is 0 Å². The van der Waals surface area contributed by atoms with Gasteiger partial charge in [-0.2, -0.15) is 0 Å². The summed E-state index contributed by atoms with van der Waals surface area (Å²) in [4.78, 5) is 11.4. The van der Waals surface area contributed by atoms with Gasteiger partial charge in [-0.25, -0.2) is 13.2 Å². The van der Waals surface area contributed by atoms with Crippen molar-refractivity contribution >= 4 is 21.7 Å². The minimum absolute atomic E-state index is 0.0751. The monoisotopic (exact) mass is 319 g/mol. The highest BCUT2D eigenvalue weighted by Crippen LogP contribution is 2.26. The Balaban J connectivity index is 2.55. The normalized spacial score (nSPS) is 11.2. The van der Waals surface area contributed by atoms with Gasteiger partial charge < -0.3 is 5.11 Å². The largest absolute Gasteiger partial charge is 0.478 e. The molecule has 22 heavy (non-hydrogen) atoms. The van der Waals surface area contributed by atoms with Crippen molar-refractivity contribution < 1.29 is 18.3 Å². The topological polar surface area (TPSA) is 83.5 Å². The van der Waals surface area contributed by atoms with E-state index in [0.717, 1.165) is 5.56 Å². The lowest BCUT2D eigenvalue weighted by Crippen LogP contribution is -2.17. The zero-order chi connectivity index (χ0) is 16.5. The summed E-state index contributed by atoms with van der Waals surface area (Å²) in [5, 5.41) is 9.22. The second-order valence-electron chi connectivity index (χ2n) is 5.18. The van der Waals surface area contributed by atoms with E-state index in [0.29, 0.717) is 11.1 Å². The van der Waals surface area contributed by atoms with E-state index >= 15 is 0 Å². The first-order valence-electron chi connectivity index (χ1n) is 6.65. The Morgan fingerprint density at radius 2 is 1.73 bits per heavy atom. The molecule has 116 valence electrons. The van der Waals surface area contributed by atoms with Crippen molar-refractivity contribution in [2.24, 2.45) is 0 Å². The SMILES string of the molecule is Cc1ccc(C)c(S(=O)(=O)Nc2c(C)cccc2C(=O)O)c1. The fourth-order valence-electron chi connectivity index (χ4n) is 2.17. The molecule has 0 bridgehead atoms. The van der Waals surface area contributed by atoms with Crippen molar-refractivity contribution in [3.05, 3.63) is 58.7 Å². The Morgan fingerprint density at radius 3 is 2.36 bits per heavy atom. The highest BCUT2D eigenvalue weighted by molar-refractivity contribution is 7.92. The molecule has 2 aromatic rings. The smallest absolute Gasteiger partial charge is 0.337 e. The second kappa shape index (κ2) is 5.81. The summed E-state index contributed by atoms with van der Waals surface area (Å²) in [7, 11) is -3.86. The maximum Gasteiger partial charge on any atom is 0.337 e. The number of aryl methyl sites for hydroxylation is 3. The van der Waals surface area contributed by atoms with E-state index in [1.165, 1.54) is 6.07 Å². The van der Waals surface area contributed by atoms with Gasteiger partial charge in [-0.15, -0.1) is 0 Å². The van der Waals surface area contributed by atoms with Gasteiger partial charge in [-0.1, -0.05) is 24.3 Å². The van der Waals surface area contributed by atoms with Crippen LogP contribution >= 0.6 is 0 Å². The molecular formula is C16H17NO4S. The van der Waals surface area contributed by atoms with Gasteiger partial charge in [0.1, 0.15) is 0 Å². The maximum absolute atomic E-state index is 12.6. The van der Waals surface area contributed by atoms with Gasteiger partial charge in [0.15, 0.2) is 0 Å². The second-order valence-corrected chi connectivity index (χ2v) is 6.83. The minimum Gasteiger partial charge on any atom is -0.478 e. The summed E-state index contributed by atoms with van der Waals surface area (Å²) in [5.41, 5.74) is 1.98. The van der Waals surface area contributed by atoms with Crippen molar-refractivity contribution in [3.63, 3.8) is 0 Å². The van der Waals surface area contributed by atoms with Gasteiger partial charge in [0.05, 0.1) is 16.1 Å². The van der Waals surface area contributed by atoms with Crippen LogP contribution in [0.1, 0.15) is 27.0 Å². The molecule has 0 atom stereocenters. The first kappa shape index (κ1) is 16.0. The lowest BCUT2D eigenvalue weighted by atomic mass is 10.1. The molecule has 5 nitrogen and oxygen atoms in total. The number of hydrogen-bond donors (Lipinski definition) is 2. The number of carboxylic acids is 1. The van der Waals surface area contributed by atoms with Crippen LogP contribution < -0.4 is 4.72 Å². The van der Waals surface area contributed by atoms with Crippen molar-refractivity contribution in [1.29, 1.82) is 0 Å². The fraction of sp³-hybridized carbons (Fsp3) is 0.188. The van der Waals surface area contributed by atoms with Crippen molar-refractivity contribution in [2.75, 3.05) is 4.72 Å². The van der Waals surface area contributed by atoms with E-state index in [9.17, 15) is 18.3 Å². The van der Waals surface area contributed by atoms with Crippen LogP contribution in [0.4, 0.5) is 5.69 Å². The third-order valence-corrected chi connectivity index (χ3v) is 4.86. The van der Waals surface area contributed by atoms with Crippen LogP contribution in [0.2, 0.25) is 0 Å². The molecule has 0 spiro atoms. The average Bonchev–Trinajstić information content (AvgIpc) is 2.43. The molecule has 2 aromatic carbocycles. The molecule has 0 aliphatic heterocycles. The van der Waals surface area contributed by atoms with Crippen LogP contribution in [0.25, 0.3) is 0 Å². The average molecular weight is 319 g/mol. The standard InChI is InChI=1S/C16H17NO4S/c1-10-7-8-11(2)14(9-10)22(20,21)17-15-12(3)5-4-6-13(15)16(18)19/h4-9,17H,1-3H3,(H,18,19). The lowest BCUT2D eigenvalue weighted by molar-refractivity contribution is 0.0698. The zero-order valence-corrected chi connectivity index (χ0v) is 13.4. The van der Waals surface area contributed by atoms with Gasteiger partial charge in [-0.3, -0.25) is 4.72 Å². The van der Waals surface area contributed by atoms with Crippen LogP contribution in [-0.2, 0) is 10.0 Å². The summed E-state index contributed by atoms with van der Waals surface area (Å²) < 4.78 is 27.6. The van der Waals surface area contributed by atoms with E-state index in [1.54, 1.807) is 45.0 Å². The molecule has 0 aromatic heterocycles. The Labute approximate surface area is 129 Å². The van der Waals surface area contributed by atoms with Gasteiger partial charge in [-0.05, 0) is 49.6 Å². The molecule has 0 radical (unpaired) electrons. The van der Waals surface area contributed by atoms with E-state index < -0.39 is 16.0 Å². The summed E-state index contributed by atoms with van der Waals surface area (Å²) in [5.74, 6) is -1.18. The number of hydrogen-bond acceptors (Lipinski definition) is 3. The van der Waals surface area contributed by atoms with E-state index in [1.807, 2.05) is 6.07 Å². The van der Waals surface area contributed by atoms with E-state index in [2.05, 4.69) is 4.72 Å². The van der Waals surface area contributed by atoms with E-state index in [4.69, 9.17) is 0 Å². The molecule has 0 heterocycles. The number of sulfonamides is 1. The van der Waals surface area contributed by atoms with Crippen LogP contribution in [-0.4, -0.2) is 19.5 Å². The lowest BCUT2D eigenvalue weighted by Gasteiger charge is -2.15. The number of carbonyl (C=O) groups is 1. The molecule has 0 unspecified atom stereocenters. The predicted molar refractivity (Wildman–Crippen MR) is 84.9 cm³/mol. The highest BCUT2D eigenvalue weighted by Gasteiger charge is 2.21. The third kappa shape index (κ3) is 3.12. The molecular weight excluding hydrogens is 302 g/mol. The highest BCUT2D eigenvalue weighted by atomic mass is 32.2. The van der Waals surface area contributed by atoms with Gasteiger partial charge in [0, 0.05) is 0 Å². The number of benzene rings is 2. The molecule has 0 fully saturated rings. The van der Waals surface area contributed by atoms with Gasteiger partial charge >= 0.3 is 5.97 Å². The Kier molecular flexibility index (Phi) is 4.23. The predicted octanol–water partition coefficient (Wildman–Crippen LogP) is 3.11. The molecule has 2 rings (SSSR count). The number of carboxylic acid groups (broad SMARTS) is 1. The van der Waals surface area contributed by atoms with Gasteiger partial charge in [0.25, 0.3) is 10.0 Å². The minimum atomic E-state index is -3.86. The van der Waals surface area contributed by atoms with Crippen LogP contribution in [0.5, 0.6) is 0 Å². The fourth-order valence-corrected chi connectivity index (χ4v) is 3.65. The van der Waals surface area contributed by atoms with Crippen LogP contribution in [0.3, 0.4) is 0 Å². The first-order valence-corrected chi connectivity index (χ1v) is 8.13. The quantitative estimate of drug-likeness (QED) is 0.907. The molecule has 0 aliphatic carbocycles. The number of aromatic carboxylic acids is 1. The molecule has 0 saturated heterocycles. The summed E-state index contributed by atoms with van der Waals surface area (Å²) in [6.07, 6.45) is 0. The molecule has 2 N–H and O–H groups in total. The number of anilines is 1. The van der Waals surface area contributed by atoms with Crippen molar-refractivity contribution in [3.8, 4) is 0 Å². The molecule has 0 amide bonds. The van der Waals surface area contributed by atoms with Crippen molar-refractivity contribution in [1.82, 2.24) is 0 Å². The number of para-hydroxylation sites is 1. The Bertz CT molecular complexity index is 841. The van der Waals surface area contributed by atoms with Crippen LogP contribution in [0, 0.1) is 20.8 Å². The number of nitrogens with one attached hydrogen (secondary N) is 1. The first-order chi connectivity index (χ1) is 10.2.